The number of hydrogen-bond donors (Lipinski definition) is 0. The van der Waals surface area contributed by atoms with Crippen LogP contribution in [0.3, 0.4) is 0 Å². The fourth-order valence-corrected chi connectivity index (χ4v) is 3.14. The molecule has 5 rings (SSSR count). The molecule has 3 aromatic rings. The second-order valence-corrected chi connectivity index (χ2v) is 6.71. The third-order valence-electron chi connectivity index (χ3n) is 4.71. The fourth-order valence-electron chi connectivity index (χ4n) is 3.14. The van der Waals surface area contributed by atoms with Crippen LogP contribution in [-0.2, 0) is 9.68 Å². The molecule has 166 valence electrons. The third kappa shape index (κ3) is 3.13. The number of fused-ring (bicyclic) bond motifs is 2. The van der Waals surface area contributed by atoms with Gasteiger partial charge in [-0.15, -0.1) is 20.4 Å². The van der Waals surface area contributed by atoms with Gasteiger partial charge in [-0.3, -0.25) is 19.2 Å². The molecule has 0 saturated carbocycles. The number of imide groups is 2. The highest BCUT2D eigenvalue weighted by Crippen LogP contribution is 2.24. The van der Waals surface area contributed by atoms with Gasteiger partial charge in [0, 0.05) is 0 Å². The summed E-state index contributed by atoms with van der Waals surface area (Å²) in [5.41, 5.74) is 0.180. The maximum Gasteiger partial charge on any atom is 0.404 e. The quantitative estimate of drug-likeness (QED) is 0.477. The molecule has 3 heterocycles. The Balaban J connectivity index is 1.26. The molecule has 1 aromatic heterocycles. The number of carbonyl (C=O) groups is 6. The first-order valence-corrected chi connectivity index (χ1v) is 9.34. The minimum atomic E-state index is -1.35. The molecule has 0 radical (unpaired) electrons. The number of aromatic nitrogens is 4. The first-order chi connectivity index (χ1) is 16.4. The highest BCUT2D eigenvalue weighted by molar-refractivity contribution is 6.21. The molecule has 2 aromatic carbocycles. The molecular weight excluding hydrogens is 452 g/mol. The van der Waals surface area contributed by atoms with Crippen molar-refractivity contribution in [1.29, 1.82) is 0 Å². The summed E-state index contributed by atoms with van der Waals surface area (Å²) in [6.07, 6.45) is 0. The van der Waals surface area contributed by atoms with Gasteiger partial charge in [0.1, 0.15) is 0 Å². The van der Waals surface area contributed by atoms with Crippen molar-refractivity contribution in [2.75, 3.05) is 0 Å². The molecule has 0 aliphatic carbocycles. The van der Waals surface area contributed by atoms with Crippen LogP contribution >= 0.6 is 0 Å². The van der Waals surface area contributed by atoms with Crippen LogP contribution in [0.1, 0.15) is 62.7 Å². The molecule has 0 saturated heterocycles. The van der Waals surface area contributed by atoms with Crippen molar-refractivity contribution in [1.82, 2.24) is 30.5 Å². The molecule has 0 fully saturated rings. The molecular formula is C20H8N6O8. The summed E-state index contributed by atoms with van der Waals surface area (Å²) < 4.78 is 0. The van der Waals surface area contributed by atoms with Gasteiger partial charge in [0.05, 0.1) is 22.3 Å². The van der Waals surface area contributed by atoms with Crippen LogP contribution in [0.25, 0.3) is 0 Å². The van der Waals surface area contributed by atoms with Crippen molar-refractivity contribution in [3.63, 3.8) is 0 Å². The summed E-state index contributed by atoms with van der Waals surface area (Å²) >= 11 is 0. The van der Waals surface area contributed by atoms with Gasteiger partial charge >= 0.3 is 11.9 Å². The summed E-state index contributed by atoms with van der Waals surface area (Å²) in [5.74, 6) is -7.73. The molecule has 2 aliphatic rings. The number of hydrogen-bond acceptors (Lipinski definition) is 12. The number of hydroxylamine groups is 4. The van der Waals surface area contributed by atoms with E-state index in [-0.39, 0.29) is 32.4 Å². The van der Waals surface area contributed by atoms with Crippen molar-refractivity contribution in [2.24, 2.45) is 0 Å². The highest BCUT2D eigenvalue weighted by atomic mass is 16.7. The lowest BCUT2D eigenvalue weighted by atomic mass is 10.1. The Morgan fingerprint density at radius 2 is 0.794 bits per heavy atom. The van der Waals surface area contributed by atoms with Crippen molar-refractivity contribution in [3.8, 4) is 0 Å². The second-order valence-electron chi connectivity index (χ2n) is 6.71. The zero-order valence-corrected chi connectivity index (χ0v) is 16.6. The molecule has 2 aliphatic heterocycles. The number of rotatable bonds is 4. The Kier molecular flexibility index (Phi) is 4.60. The Morgan fingerprint density at radius 1 is 0.529 bits per heavy atom. The van der Waals surface area contributed by atoms with Crippen molar-refractivity contribution < 1.29 is 38.4 Å². The van der Waals surface area contributed by atoms with E-state index in [9.17, 15) is 28.8 Å². The number of carbonyl (C=O) groups excluding carboxylic acids is 6. The smallest absolute Gasteiger partial charge is 0.321 e. The fraction of sp³-hybridized carbons (Fsp3) is 0. The Morgan fingerprint density at radius 3 is 1.06 bits per heavy atom. The number of amides is 4. The zero-order valence-electron chi connectivity index (χ0n) is 16.6. The highest BCUT2D eigenvalue weighted by Gasteiger charge is 2.40. The van der Waals surface area contributed by atoms with Gasteiger partial charge in [0.15, 0.2) is 0 Å². The minimum absolute atomic E-state index is 0.0451. The monoisotopic (exact) mass is 460 g/mol. The Bertz CT molecular complexity index is 1260. The van der Waals surface area contributed by atoms with Crippen LogP contribution < -0.4 is 0 Å². The van der Waals surface area contributed by atoms with Gasteiger partial charge in [-0.1, -0.05) is 34.4 Å². The van der Waals surface area contributed by atoms with Crippen LogP contribution in [0.2, 0.25) is 0 Å². The lowest BCUT2D eigenvalue weighted by Gasteiger charge is -2.12. The molecule has 14 nitrogen and oxygen atoms in total. The van der Waals surface area contributed by atoms with Crippen LogP contribution in [0.5, 0.6) is 0 Å². The van der Waals surface area contributed by atoms with E-state index in [1.807, 2.05) is 0 Å². The van der Waals surface area contributed by atoms with Gasteiger partial charge in [0.2, 0.25) is 0 Å². The Labute approximate surface area is 187 Å². The summed E-state index contributed by atoms with van der Waals surface area (Å²) in [6.45, 7) is 0. The average molecular weight is 460 g/mol. The predicted molar refractivity (Wildman–Crippen MR) is 102 cm³/mol. The van der Waals surface area contributed by atoms with Gasteiger partial charge in [0.25, 0.3) is 35.3 Å². The first-order valence-electron chi connectivity index (χ1n) is 9.34. The van der Waals surface area contributed by atoms with Gasteiger partial charge in [-0.05, 0) is 24.3 Å². The van der Waals surface area contributed by atoms with Crippen molar-refractivity contribution in [2.45, 2.75) is 0 Å². The van der Waals surface area contributed by atoms with Crippen molar-refractivity contribution >= 4 is 35.6 Å². The molecule has 4 amide bonds. The SMILES string of the molecule is O=C(ON1C(=O)c2ccccc2C1=O)c1nnc(C(=O)ON2C(=O)c3ccccc3C2=O)nn1. The van der Waals surface area contributed by atoms with Crippen LogP contribution in [-0.4, -0.2) is 66.1 Å². The number of benzene rings is 2. The van der Waals surface area contributed by atoms with E-state index in [1.165, 1.54) is 48.5 Å². The van der Waals surface area contributed by atoms with Crippen LogP contribution in [0, 0.1) is 0 Å². The molecule has 0 N–H and O–H groups in total. The number of nitrogens with zero attached hydrogens (tertiary/aromatic N) is 6. The lowest BCUT2D eigenvalue weighted by molar-refractivity contribution is -0.0604. The maximum atomic E-state index is 12.3. The Hall–Kier alpha value is -5.40. The largest absolute Gasteiger partial charge is 0.404 e. The van der Waals surface area contributed by atoms with E-state index in [0.717, 1.165) is 0 Å². The summed E-state index contributed by atoms with van der Waals surface area (Å²) in [5, 5.41) is 13.9. The van der Waals surface area contributed by atoms with Crippen molar-refractivity contribution in [3.05, 3.63) is 82.4 Å². The van der Waals surface area contributed by atoms with Gasteiger partial charge < -0.3 is 9.68 Å². The molecule has 0 spiro atoms. The van der Waals surface area contributed by atoms with Crippen LogP contribution in [0.4, 0.5) is 0 Å². The predicted octanol–water partition coefficient (Wildman–Crippen LogP) is 0.00260. The summed E-state index contributed by atoms with van der Waals surface area (Å²) in [6, 6.07) is 11.7. The first kappa shape index (κ1) is 20.5. The van der Waals surface area contributed by atoms with E-state index in [4.69, 9.17) is 9.68 Å². The summed E-state index contributed by atoms with van der Waals surface area (Å²) in [4.78, 5) is 83.0. The molecule has 14 heteroatoms. The van der Waals surface area contributed by atoms with Gasteiger partial charge in [-0.25, -0.2) is 9.59 Å². The molecule has 0 atom stereocenters. The third-order valence-corrected chi connectivity index (χ3v) is 4.71. The van der Waals surface area contributed by atoms with E-state index in [1.54, 1.807) is 0 Å². The normalized spacial score (nSPS) is 14.2. The maximum absolute atomic E-state index is 12.3. The average Bonchev–Trinajstić information content (AvgIpc) is 3.25. The van der Waals surface area contributed by atoms with E-state index < -0.39 is 47.2 Å². The minimum Gasteiger partial charge on any atom is -0.321 e. The molecule has 34 heavy (non-hydrogen) atoms. The summed E-state index contributed by atoms with van der Waals surface area (Å²) in [7, 11) is 0. The van der Waals surface area contributed by atoms with Gasteiger partial charge in [-0.2, -0.15) is 0 Å². The zero-order chi connectivity index (χ0) is 24.0. The molecule has 0 unspecified atom stereocenters. The van der Waals surface area contributed by atoms with E-state index >= 15 is 0 Å². The van der Waals surface area contributed by atoms with E-state index in [2.05, 4.69) is 20.4 Å². The van der Waals surface area contributed by atoms with Crippen LogP contribution in [0.15, 0.2) is 48.5 Å². The van der Waals surface area contributed by atoms with E-state index in [0.29, 0.717) is 0 Å². The standard InChI is InChI=1S/C20H8N6O8/c27-15-9-5-1-2-6-10(9)16(28)25(15)33-19(31)13-21-23-14(24-22-13)20(32)34-26-17(29)11-7-3-4-8-12(11)18(26)30/h1-8H. The topological polar surface area (TPSA) is 179 Å². The second kappa shape index (κ2) is 7.63. The molecule has 0 bridgehead atoms. The lowest BCUT2D eigenvalue weighted by Crippen LogP contribution is -2.34.